The number of benzene rings is 1. The highest BCUT2D eigenvalue weighted by molar-refractivity contribution is 5.98. The lowest BCUT2D eigenvalue weighted by Gasteiger charge is -2.04. The SMILES string of the molecule is CCOC(=O)c1cnn2c1nc(N)c1ccccc12. The van der Waals surface area contributed by atoms with E-state index < -0.39 is 5.97 Å². The van der Waals surface area contributed by atoms with Gasteiger partial charge in [0.2, 0.25) is 0 Å². The van der Waals surface area contributed by atoms with Crippen LogP contribution in [0, 0.1) is 0 Å². The molecular weight excluding hydrogens is 244 g/mol. The van der Waals surface area contributed by atoms with Crippen LogP contribution in [0.15, 0.2) is 30.5 Å². The molecule has 0 aliphatic carbocycles. The maximum Gasteiger partial charge on any atom is 0.343 e. The molecular formula is C13H12N4O2. The zero-order chi connectivity index (χ0) is 13.4. The number of ether oxygens (including phenoxy) is 1. The molecule has 1 aromatic carbocycles. The number of nitrogens with zero attached hydrogens (tertiary/aromatic N) is 3. The molecule has 0 saturated carbocycles. The van der Waals surface area contributed by atoms with Gasteiger partial charge in [0.05, 0.1) is 18.3 Å². The van der Waals surface area contributed by atoms with Gasteiger partial charge in [-0.1, -0.05) is 12.1 Å². The molecule has 19 heavy (non-hydrogen) atoms. The molecule has 0 aliphatic heterocycles. The van der Waals surface area contributed by atoms with Gasteiger partial charge in [0.15, 0.2) is 5.65 Å². The van der Waals surface area contributed by atoms with Gasteiger partial charge in [0.25, 0.3) is 0 Å². The lowest BCUT2D eigenvalue weighted by atomic mass is 10.2. The second-order valence-electron chi connectivity index (χ2n) is 4.03. The van der Waals surface area contributed by atoms with E-state index in [2.05, 4.69) is 10.1 Å². The molecule has 2 N–H and O–H groups in total. The third-order valence-electron chi connectivity index (χ3n) is 2.87. The summed E-state index contributed by atoms with van der Waals surface area (Å²) in [5, 5.41) is 4.99. The molecule has 0 fully saturated rings. The van der Waals surface area contributed by atoms with Gasteiger partial charge in [0.1, 0.15) is 11.4 Å². The van der Waals surface area contributed by atoms with Crippen LogP contribution in [0.3, 0.4) is 0 Å². The molecule has 0 radical (unpaired) electrons. The highest BCUT2D eigenvalue weighted by Gasteiger charge is 2.17. The molecule has 0 atom stereocenters. The summed E-state index contributed by atoms with van der Waals surface area (Å²) in [6.07, 6.45) is 1.45. The van der Waals surface area contributed by atoms with Crippen LogP contribution in [0.2, 0.25) is 0 Å². The summed E-state index contributed by atoms with van der Waals surface area (Å²) in [6, 6.07) is 7.50. The van der Waals surface area contributed by atoms with Crippen molar-refractivity contribution in [2.24, 2.45) is 0 Å². The zero-order valence-electron chi connectivity index (χ0n) is 10.3. The number of anilines is 1. The molecule has 0 unspecified atom stereocenters. The maximum atomic E-state index is 11.8. The smallest absolute Gasteiger partial charge is 0.343 e. The van der Waals surface area contributed by atoms with Crippen LogP contribution in [0.4, 0.5) is 5.82 Å². The summed E-state index contributed by atoms with van der Waals surface area (Å²) >= 11 is 0. The molecule has 0 spiro atoms. The fraction of sp³-hybridized carbons (Fsp3) is 0.154. The fourth-order valence-corrected chi connectivity index (χ4v) is 2.03. The summed E-state index contributed by atoms with van der Waals surface area (Å²) in [5.41, 5.74) is 7.46. The Bertz CT molecular complexity index is 779. The first-order valence-electron chi connectivity index (χ1n) is 5.91. The Morgan fingerprint density at radius 3 is 3.00 bits per heavy atom. The second kappa shape index (κ2) is 4.24. The molecule has 0 aliphatic rings. The summed E-state index contributed by atoms with van der Waals surface area (Å²) < 4.78 is 6.57. The molecule has 6 nitrogen and oxygen atoms in total. The standard InChI is InChI=1S/C13H12N4O2/c1-2-19-13(18)9-7-15-17-10-6-4-3-5-8(10)11(14)16-12(9)17/h3-7H,2H2,1H3,(H2,14,16). The zero-order valence-corrected chi connectivity index (χ0v) is 10.3. The molecule has 2 aromatic heterocycles. The largest absolute Gasteiger partial charge is 0.462 e. The van der Waals surface area contributed by atoms with Gasteiger partial charge in [-0.25, -0.2) is 14.3 Å². The minimum atomic E-state index is -0.445. The van der Waals surface area contributed by atoms with Crippen LogP contribution < -0.4 is 5.73 Å². The van der Waals surface area contributed by atoms with Gasteiger partial charge in [0, 0.05) is 5.39 Å². The minimum absolute atomic E-state index is 0.305. The summed E-state index contributed by atoms with van der Waals surface area (Å²) in [6.45, 7) is 2.06. The number of hydrogen-bond donors (Lipinski definition) is 1. The van der Waals surface area contributed by atoms with Gasteiger partial charge < -0.3 is 10.5 Å². The van der Waals surface area contributed by atoms with E-state index in [0.717, 1.165) is 10.9 Å². The molecule has 96 valence electrons. The number of carbonyl (C=O) groups is 1. The average molecular weight is 256 g/mol. The monoisotopic (exact) mass is 256 g/mol. The number of aromatic nitrogens is 3. The Morgan fingerprint density at radius 2 is 2.21 bits per heavy atom. The van der Waals surface area contributed by atoms with E-state index in [0.29, 0.717) is 23.6 Å². The fourth-order valence-electron chi connectivity index (χ4n) is 2.03. The number of para-hydroxylation sites is 1. The lowest BCUT2D eigenvalue weighted by molar-refractivity contribution is 0.0528. The average Bonchev–Trinajstić information content (AvgIpc) is 2.83. The maximum absolute atomic E-state index is 11.8. The van der Waals surface area contributed by atoms with Crippen molar-refractivity contribution in [2.45, 2.75) is 6.92 Å². The molecule has 0 amide bonds. The van der Waals surface area contributed by atoms with Crippen molar-refractivity contribution in [3.8, 4) is 0 Å². The number of rotatable bonds is 2. The quantitative estimate of drug-likeness (QED) is 0.705. The normalized spacial score (nSPS) is 11.0. The van der Waals surface area contributed by atoms with Crippen LogP contribution in [0.5, 0.6) is 0 Å². The third-order valence-corrected chi connectivity index (χ3v) is 2.87. The van der Waals surface area contributed by atoms with Crippen molar-refractivity contribution >= 4 is 28.3 Å². The number of hydrogen-bond acceptors (Lipinski definition) is 5. The van der Waals surface area contributed by atoms with E-state index in [1.165, 1.54) is 6.20 Å². The molecule has 2 heterocycles. The second-order valence-corrected chi connectivity index (χ2v) is 4.03. The number of fused-ring (bicyclic) bond motifs is 3. The van der Waals surface area contributed by atoms with Gasteiger partial charge >= 0.3 is 5.97 Å². The predicted octanol–water partition coefficient (Wildman–Crippen LogP) is 1.64. The number of nitrogens with two attached hydrogens (primary N) is 1. The highest BCUT2D eigenvalue weighted by Crippen LogP contribution is 2.22. The summed E-state index contributed by atoms with van der Waals surface area (Å²) in [4.78, 5) is 16.1. The van der Waals surface area contributed by atoms with Gasteiger partial charge in [-0.05, 0) is 19.1 Å². The molecule has 3 rings (SSSR count). The first-order valence-corrected chi connectivity index (χ1v) is 5.91. The van der Waals surface area contributed by atoms with Gasteiger partial charge in [-0.2, -0.15) is 5.10 Å². The Balaban J connectivity index is 2.33. The molecule has 0 saturated heterocycles. The van der Waals surface area contributed by atoms with Crippen LogP contribution in [0.25, 0.3) is 16.6 Å². The Kier molecular flexibility index (Phi) is 2.56. The Hall–Kier alpha value is -2.63. The highest BCUT2D eigenvalue weighted by atomic mass is 16.5. The third kappa shape index (κ3) is 1.69. The van der Waals surface area contributed by atoms with E-state index >= 15 is 0 Å². The van der Waals surface area contributed by atoms with Gasteiger partial charge in [-0.3, -0.25) is 0 Å². The number of nitrogen functional groups attached to an aromatic ring is 1. The topological polar surface area (TPSA) is 82.5 Å². The van der Waals surface area contributed by atoms with Crippen molar-refractivity contribution in [3.05, 3.63) is 36.0 Å². The van der Waals surface area contributed by atoms with E-state index in [4.69, 9.17) is 10.5 Å². The van der Waals surface area contributed by atoms with Crippen LogP contribution in [-0.2, 0) is 4.74 Å². The Morgan fingerprint density at radius 1 is 1.42 bits per heavy atom. The van der Waals surface area contributed by atoms with Crippen molar-refractivity contribution in [2.75, 3.05) is 12.3 Å². The van der Waals surface area contributed by atoms with E-state index in [1.807, 2.05) is 24.3 Å². The van der Waals surface area contributed by atoms with Crippen LogP contribution in [-0.4, -0.2) is 27.2 Å². The molecule has 0 bridgehead atoms. The number of esters is 1. The van der Waals surface area contributed by atoms with Gasteiger partial charge in [-0.15, -0.1) is 0 Å². The van der Waals surface area contributed by atoms with Crippen LogP contribution in [0.1, 0.15) is 17.3 Å². The van der Waals surface area contributed by atoms with Crippen molar-refractivity contribution in [1.82, 2.24) is 14.6 Å². The first kappa shape index (κ1) is 11.5. The number of carbonyl (C=O) groups excluding carboxylic acids is 1. The molecule has 6 heteroatoms. The first-order chi connectivity index (χ1) is 9.22. The predicted molar refractivity (Wildman–Crippen MR) is 70.9 cm³/mol. The van der Waals surface area contributed by atoms with Crippen LogP contribution >= 0.6 is 0 Å². The van der Waals surface area contributed by atoms with Crippen molar-refractivity contribution in [1.29, 1.82) is 0 Å². The summed E-state index contributed by atoms with van der Waals surface area (Å²) in [7, 11) is 0. The van der Waals surface area contributed by atoms with E-state index in [1.54, 1.807) is 11.4 Å². The minimum Gasteiger partial charge on any atom is -0.462 e. The lowest BCUT2D eigenvalue weighted by Crippen LogP contribution is -2.06. The summed E-state index contributed by atoms with van der Waals surface area (Å²) in [5.74, 6) is -0.0752. The van der Waals surface area contributed by atoms with E-state index in [9.17, 15) is 4.79 Å². The Labute approximate surface area is 108 Å². The van der Waals surface area contributed by atoms with E-state index in [-0.39, 0.29) is 0 Å². The van der Waals surface area contributed by atoms with Crippen molar-refractivity contribution in [3.63, 3.8) is 0 Å². The molecule has 3 aromatic rings. The van der Waals surface area contributed by atoms with Crippen molar-refractivity contribution < 1.29 is 9.53 Å².